The molecule has 0 aliphatic carbocycles. The number of nitrogens with zero attached hydrogens (tertiary/aromatic N) is 1. The van der Waals surface area contributed by atoms with Crippen LogP contribution in [0.5, 0.6) is 5.88 Å². The molecule has 1 aromatic heterocycles. The molecule has 0 aliphatic rings. The quantitative estimate of drug-likeness (QED) is 0.699. The Kier molecular flexibility index (Phi) is 6.14. The molecule has 0 saturated heterocycles. The predicted octanol–water partition coefficient (Wildman–Crippen LogP) is 1.65. The van der Waals surface area contributed by atoms with Gasteiger partial charge in [0.25, 0.3) is 0 Å². The van der Waals surface area contributed by atoms with E-state index in [1.165, 1.54) is 7.11 Å². The van der Waals surface area contributed by atoms with E-state index in [0.29, 0.717) is 24.8 Å². The van der Waals surface area contributed by atoms with Gasteiger partial charge in [-0.1, -0.05) is 6.07 Å². The normalized spacial score (nSPS) is 11.6. The molecule has 7 nitrogen and oxygen atoms in total. The van der Waals surface area contributed by atoms with Crippen LogP contribution in [0.1, 0.15) is 0 Å². The molecule has 0 saturated carbocycles. The molecule has 1 heterocycles. The van der Waals surface area contributed by atoms with Gasteiger partial charge >= 0.3 is 0 Å². The average Bonchev–Trinajstić information content (AvgIpc) is 2.54. The zero-order valence-electron chi connectivity index (χ0n) is 13.1. The molecule has 0 amide bonds. The fourth-order valence-electron chi connectivity index (χ4n) is 2.06. The second-order valence-corrected chi connectivity index (χ2v) is 6.59. The van der Waals surface area contributed by atoms with Crippen LogP contribution in [0.2, 0.25) is 0 Å². The first-order valence-corrected chi connectivity index (χ1v) is 8.71. The topological polar surface area (TPSA) is 86.8 Å². The highest BCUT2D eigenvalue weighted by atomic mass is 32.2. The fourth-order valence-corrected chi connectivity index (χ4v) is 3.02. The third-order valence-electron chi connectivity index (χ3n) is 3.16. The van der Waals surface area contributed by atoms with Gasteiger partial charge in [0.15, 0.2) is 0 Å². The second-order valence-electron chi connectivity index (χ2n) is 4.75. The van der Waals surface area contributed by atoms with Crippen LogP contribution in [0.15, 0.2) is 30.5 Å². The first-order chi connectivity index (χ1) is 11.1. The van der Waals surface area contributed by atoms with Crippen LogP contribution >= 0.6 is 0 Å². The van der Waals surface area contributed by atoms with Crippen molar-refractivity contribution in [3.63, 3.8) is 0 Å². The van der Waals surface area contributed by atoms with E-state index in [-0.39, 0.29) is 12.4 Å². The van der Waals surface area contributed by atoms with Crippen molar-refractivity contribution in [3.05, 3.63) is 30.5 Å². The Bertz CT molecular complexity index is 749. The van der Waals surface area contributed by atoms with Crippen LogP contribution in [-0.4, -0.2) is 53.2 Å². The molecule has 0 spiro atoms. The number of rotatable bonds is 9. The van der Waals surface area contributed by atoms with Crippen molar-refractivity contribution in [2.75, 3.05) is 44.5 Å². The van der Waals surface area contributed by atoms with Gasteiger partial charge in [0.2, 0.25) is 15.9 Å². The second kappa shape index (κ2) is 8.09. The summed E-state index contributed by atoms with van der Waals surface area (Å²) in [5.74, 6) is 0.321. The number of ether oxygens (including phenoxy) is 3. The third kappa shape index (κ3) is 4.78. The van der Waals surface area contributed by atoms with E-state index >= 15 is 0 Å². The molecule has 1 aromatic carbocycles. The summed E-state index contributed by atoms with van der Waals surface area (Å²) in [4.78, 5) is 4.11. The monoisotopic (exact) mass is 340 g/mol. The molecule has 1 N–H and O–H groups in total. The Morgan fingerprint density at radius 3 is 2.65 bits per heavy atom. The Hall–Kier alpha value is -1.90. The summed E-state index contributed by atoms with van der Waals surface area (Å²) in [5.41, 5.74) is 0.486. The minimum absolute atomic E-state index is 0.105. The number of benzene rings is 1. The minimum atomic E-state index is -3.51. The number of anilines is 1. The molecule has 8 heteroatoms. The maximum Gasteiger partial charge on any atom is 0.235 e. The van der Waals surface area contributed by atoms with Crippen LogP contribution < -0.4 is 9.46 Å². The lowest BCUT2D eigenvalue weighted by atomic mass is 10.1. The van der Waals surface area contributed by atoms with Crippen LogP contribution in [0.25, 0.3) is 10.8 Å². The standard InChI is InChI=1S/C15H20N2O5S/c1-20-8-9-22-10-11-23(18,19)17-14-5-3-4-13-12(14)6-7-16-15(13)21-2/h3-7,17H,8-11H2,1-2H3. The van der Waals surface area contributed by atoms with E-state index in [4.69, 9.17) is 14.2 Å². The summed E-state index contributed by atoms with van der Waals surface area (Å²) in [6.07, 6.45) is 1.58. The van der Waals surface area contributed by atoms with Gasteiger partial charge in [-0.15, -0.1) is 0 Å². The lowest BCUT2D eigenvalue weighted by Gasteiger charge is -2.12. The van der Waals surface area contributed by atoms with Crippen molar-refractivity contribution < 1.29 is 22.6 Å². The van der Waals surface area contributed by atoms with Crippen molar-refractivity contribution in [1.29, 1.82) is 0 Å². The Labute approximate surface area is 135 Å². The SMILES string of the molecule is COCCOCCS(=O)(=O)Nc1cccc2c(OC)nccc12. The van der Waals surface area contributed by atoms with Crippen LogP contribution in [0, 0.1) is 0 Å². The summed E-state index contributed by atoms with van der Waals surface area (Å²) in [6, 6.07) is 7.02. The van der Waals surface area contributed by atoms with Crippen molar-refractivity contribution >= 4 is 26.5 Å². The van der Waals surface area contributed by atoms with Gasteiger partial charge in [-0.3, -0.25) is 4.72 Å². The van der Waals surface area contributed by atoms with Gasteiger partial charge in [0.05, 0.1) is 38.4 Å². The Balaban J connectivity index is 2.12. The maximum absolute atomic E-state index is 12.2. The first kappa shape index (κ1) is 17.5. The molecular formula is C15H20N2O5S. The van der Waals surface area contributed by atoms with Crippen molar-refractivity contribution in [2.24, 2.45) is 0 Å². The van der Waals surface area contributed by atoms with Gasteiger partial charge in [0, 0.05) is 24.1 Å². The van der Waals surface area contributed by atoms with Crippen molar-refractivity contribution in [3.8, 4) is 5.88 Å². The summed E-state index contributed by atoms with van der Waals surface area (Å²) in [7, 11) is -0.425. The van der Waals surface area contributed by atoms with E-state index in [1.807, 2.05) is 6.07 Å². The molecular weight excluding hydrogens is 320 g/mol. The fraction of sp³-hybridized carbons (Fsp3) is 0.400. The molecule has 0 fully saturated rings. The van der Waals surface area contributed by atoms with E-state index in [9.17, 15) is 8.42 Å². The maximum atomic E-state index is 12.2. The Morgan fingerprint density at radius 1 is 1.09 bits per heavy atom. The number of aromatic nitrogens is 1. The van der Waals surface area contributed by atoms with Gasteiger partial charge < -0.3 is 14.2 Å². The van der Waals surface area contributed by atoms with E-state index in [2.05, 4.69) is 9.71 Å². The highest BCUT2D eigenvalue weighted by Gasteiger charge is 2.13. The van der Waals surface area contributed by atoms with E-state index in [0.717, 1.165) is 10.8 Å². The lowest BCUT2D eigenvalue weighted by molar-refractivity contribution is 0.0785. The molecule has 0 unspecified atom stereocenters. The van der Waals surface area contributed by atoms with Crippen LogP contribution in [-0.2, 0) is 19.5 Å². The lowest BCUT2D eigenvalue weighted by Crippen LogP contribution is -2.21. The summed E-state index contributed by atoms with van der Waals surface area (Å²) >= 11 is 0. The molecule has 2 aromatic rings. The number of sulfonamides is 1. The zero-order valence-corrected chi connectivity index (χ0v) is 13.9. The highest BCUT2D eigenvalue weighted by molar-refractivity contribution is 7.92. The average molecular weight is 340 g/mol. The highest BCUT2D eigenvalue weighted by Crippen LogP contribution is 2.29. The number of pyridine rings is 1. The predicted molar refractivity (Wildman–Crippen MR) is 88.4 cm³/mol. The number of hydrogen-bond acceptors (Lipinski definition) is 6. The minimum Gasteiger partial charge on any atom is -0.481 e. The number of fused-ring (bicyclic) bond motifs is 1. The molecule has 0 radical (unpaired) electrons. The van der Waals surface area contributed by atoms with Gasteiger partial charge in [-0.05, 0) is 18.2 Å². The summed E-state index contributed by atoms with van der Waals surface area (Å²) < 4.78 is 42.1. The molecule has 0 aliphatic heterocycles. The zero-order chi connectivity index (χ0) is 16.7. The molecule has 0 atom stereocenters. The molecule has 0 bridgehead atoms. The number of nitrogens with one attached hydrogen (secondary N) is 1. The van der Waals surface area contributed by atoms with E-state index in [1.54, 1.807) is 31.5 Å². The van der Waals surface area contributed by atoms with Crippen LogP contribution in [0.4, 0.5) is 5.69 Å². The smallest absolute Gasteiger partial charge is 0.235 e. The largest absolute Gasteiger partial charge is 0.481 e. The van der Waals surface area contributed by atoms with Crippen molar-refractivity contribution in [2.45, 2.75) is 0 Å². The molecule has 126 valence electrons. The van der Waals surface area contributed by atoms with Gasteiger partial charge in [0.1, 0.15) is 0 Å². The van der Waals surface area contributed by atoms with Gasteiger partial charge in [-0.2, -0.15) is 0 Å². The van der Waals surface area contributed by atoms with Crippen LogP contribution in [0.3, 0.4) is 0 Å². The number of methoxy groups -OCH3 is 2. The Morgan fingerprint density at radius 2 is 1.91 bits per heavy atom. The van der Waals surface area contributed by atoms with E-state index < -0.39 is 10.0 Å². The van der Waals surface area contributed by atoms with Gasteiger partial charge in [-0.25, -0.2) is 13.4 Å². The van der Waals surface area contributed by atoms with Crippen molar-refractivity contribution in [1.82, 2.24) is 4.98 Å². The third-order valence-corrected chi connectivity index (χ3v) is 4.39. The summed E-state index contributed by atoms with van der Waals surface area (Å²) in [5, 5.41) is 1.47. The molecule has 2 rings (SSSR count). The molecule has 23 heavy (non-hydrogen) atoms. The summed E-state index contributed by atoms with van der Waals surface area (Å²) in [6.45, 7) is 0.904. The first-order valence-electron chi connectivity index (χ1n) is 7.06. The number of hydrogen-bond donors (Lipinski definition) is 1.